The number of aromatic nitrogens is 3. The zero-order valence-electron chi connectivity index (χ0n) is 22.8. The van der Waals surface area contributed by atoms with E-state index in [0.29, 0.717) is 43.1 Å². The largest absolute Gasteiger partial charge is 0.480 e. The number of nitrogens with one attached hydrogen (secondary N) is 1. The third-order valence-corrected chi connectivity index (χ3v) is 8.09. The van der Waals surface area contributed by atoms with E-state index >= 15 is 0 Å². The number of benzene rings is 2. The van der Waals surface area contributed by atoms with Gasteiger partial charge in [-0.2, -0.15) is 0 Å². The molecule has 1 saturated heterocycles. The molecule has 13 heteroatoms. The number of allylic oxidation sites excluding steroid dienone is 1. The molecule has 0 unspecified atom stereocenters. The lowest BCUT2D eigenvalue weighted by Gasteiger charge is -2.35. The molecular formula is C29H27FN6O5S. The van der Waals surface area contributed by atoms with Crippen LogP contribution in [0.5, 0.6) is 5.88 Å². The first-order valence-electron chi connectivity index (χ1n) is 12.9. The summed E-state index contributed by atoms with van der Waals surface area (Å²) in [5.74, 6) is -0.175. The second kappa shape index (κ2) is 11.9. The topological polar surface area (TPSA) is 135 Å². The number of ether oxygens (including phenoxy) is 1. The van der Waals surface area contributed by atoms with Crippen molar-refractivity contribution in [1.29, 1.82) is 0 Å². The first kappa shape index (κ1) is 28.6. The number of ketones is 1. The minimum atomic E-state index is -4.05. The molecule has 0 saturated carbocycles. The van der Waals surface area contributed by atoms with Crippen molar-refractivity contribution >= 4 is 44.1 Å². The molecule has 2 aromatic carbocycles. The lowest BCUT2D eigenvalue weighted by atomic mass is 10.0. The highest BCUT2D eigenvalue weighted by atomic mass is 32.2. The van der Waals surface area contributed by atoms with Crippen LogP contribution < -0.4 is 14.4 Å². The molecule has 11 nitrogen and oxygen atoms in total. The van der Waals surface area contributed by atoms with Gasteiger partial charge in [-0.3, -0.25) is 14.3 Å². The van der Waals surface area contributed by atoms with Crippen molar-refractivity contribution in [2.45, 2.75) is 11.8 Å². The van der Waals surface area contributed by atoms with Gasteiger partial charge in [0.05, 0.1) is 17.5 Å². The fourth-order valence-electron chi connectivity index (χ4n) is 4.57. The van der Waals surface area contributed by atoms with Crippen LogP contribution >= 0.6 is 0 Å². The van der Waals surface area contributed by atoms with Crippen LogP contribution in [0.2, 0.25) is 0 Å². The Hall–Kier alpha value is -4.91. The van der Waals surface area contributed by atoms with Gasteiger partial charge in [0.15, 0.2) is 5.78 Å². The summed E-state index contributed by atoms with van der Waals surface area (Å²) in [6.07, 6.45) is 5.61. The third kappa shape index (κ3) is 6.20. The van der Waals surface area contributed by atoms with Gasteiger partial charge in [0.2, 0.25) is 11.8 Å². The van der Waals surface area contributed by atoms with E-state index in [1.165, 1.54) is 44.6 Å². The molecule has 0 bridgehead atoms. The molecule has 0 aliphatic carbocycles. The number of hydrogen-bond donors (Lipinski definition) is 1. The highest BCUT2D eigenvalue weighted by Crippen LogP contribution is 2.33. The van der Waals surface area contributed by atoms with Gasteiger partial charge in [-0.25, -0.2) is 27.8 Å². The van der Waals surface area contributed by atoms with Crippen LogP contribution in [0, 0.1) is 5.82 Å². The van der Waals surface area contributed by atoms with E-state index in [9.17, 15) is 22.4 Å². The predicted octanol–water partition coefficient (Wildman–Crippen LogP) is 3.43. The molecule has 0 radical (unpaired) electrons. The Bertz CT molecular complexity index is 1790. The summed E-state index contributed by atoms with van der Waals surface area (Å²) in [5.41, 5.74) is 2.17. The average Bonchev–Trinajstić information content (AvgIpc) is 2.99. The number of hydrogen-bond acceptors (Lipinski definition) is 9. The predicted molar refractivity (Wildman–Crippen MR) is 155 cm³/mol. The standard InChI is InChI=1S/C29H27FN6O5S/c1-19(37)3-10-27(38)35-11-13-36(14-12-35)28-24-15-20(4-9-25(24)32-18-33-28)21-16-26(29(41-2)31-17-21)34-42(39,40)23-7-5-22(30)6-8-23/h3-10,15-18,34H,11-14H2,1-2H3/b10-3+. The van der Waals surface area contributed by atoms with Gasteiger partial charge in [-0.05, 0) is 61.0 Å². The number of sulfonamides is 1. The quantitative estimate of drug-likeness (QED) is 0.306. The SMILES string of the molecule is COc1ncc(-c2ccc3ncnc(N4CCN(C(=O)/C=C/C(C)=O)CC4)c3c2)cc1NS(=O)(=O)c1ccc(F)cc1. The van der Waals surface area contributed by atoms with Crippen LogP contribution in [0.1, 0.15) is 6.92 Å². The molecule has 1 aliphatic rings. The minimum absolute atomic E-state index is 0.0693. The summed E-state index contributed by atoms with van der Waals surface area (Å²) < 4.78 is 47.1. The Labute approximate surface area is 241 Å². The number of piperazine rings is 1. The molecule has 1 N–H and O–H groups in total. The van der Waals surface area contributed by atoms with E-state index in [1.54, 1.807) is 17.2 Å². The summed E-state index contributed by atoms with van der Waals surface area (Å²) >= 11 is 0. The number of amides is 1. The minimum Gasteiger partial charge on any atom is -0.480 e. The molecule has 1 amide bonds. The van der Waals surface area contributed by atoms with E-state index in [-0.39, 0.29) is 28.2 Å². The van der Waals surface area contributed by atoms with Crippen molar-refractivity contribution in [2.75, 3.05) is 42.9 Å². The molecule has 5 rings (SSSR count). The number of halogens is 1. The highest BCUT2D eigenvalue weighted by molar-refractivity contribution is 7.92. The van der Waals surface area contributed by atoms with Crippen molar-refractivity contribution < 1.29 is 27.1 Å². The summed E-state index contributed by atoms with van der Waals surface area (Å²) in [6, 6.07) is 11.7. The van der Waals surface area contributed by atoms with Crippen LogP contribution in [0.3, 0.4) is 0 Å². The monoisotopic (exact) mass is 590 g/mol. The Morgan fingerprint density at radius 2 is 1.69 bits per heavy atom. The Morgan fingerprint density at radius 3 is 2.38 bits per heavy atom. The number of fused-ring (bicyclic) bond motifs is 1. The molecule has 1 aliphatic heterocycles. The normalized spacial score (nSPS) is 13.9. The number of carbonyl (C=O) groups is 2. The third-order valence-electron chi connectivity index (χ3n) is 6.71. The van der Waals surface area contributed by atoms with E-state index in [0.717, 1.165) is 23.1 Å². The number of carbonyl (C=O) groups excluding carboxylic acids is 2. The lowest BCUT2D eigenvalue weighted by molar-refractivity contribution is -0.126. The summed E-state index contributed by atoms with van der Waals surface area (Å²) in [5, 5.41) is 0.774. The van der Waals surface area contributed by atoms with Crippen molar-refractivity contribution in [3.8, 4) is 17.0 Å². The molecular weight excluding hydrogens is 563 g/mol. The van der Waals surface area contributed by atoms with Gasteiger partial charge in [0.1, 0.15) is 23.6 Å². The Kier molecular flexibility index (Phi) is 8.11. The van der Waals surface area contributed by atoms with Crippen molar-refractivity contribution in [3.63, 3.8) is 0 Å². The van der Waals surface area contributed by atoms with E-state index in [1.807, 2.05) is 18.2 Å². The van der Waals surface area contributed by atoms with Crippen LogP contribution in [-0.2, 0) is 19.6 Å². The molecule has 0 atom stereocenters. The summed E-state index contributed by atoms with van der Waals surface area (Å²) in [4.78, 5) is 40.4. The van der Waals surface area contributed by atoms with Crippen molar-refractivity contribution in [3.05, 3.63) is 79.0 Å². The second-order valence-corrected chi connectivity index (χ2v) is 11.2. The van der Waals surface area contributed by atoms with E-state index in [4.69, 9.17) is 4.74 Å². The van der Waals surface area contributed by atoms with Crippen LogP contribution in [-0.4, -0.2) is 73.2 Å². The zero-order valence-corrected chi connectivity index (χ0v) is 23.6. The highest BCUT2D eigenvalue weighted by Gasteiger charge is 2.23. The number of nitrogens with zero attached hydrogens (tertiary/aromatic N) is 5. The zero-order chi connectivity index (χ0) is 29.9. The number of pyridine rings is 1. The van der Waals surface area contributed by atoms with Gasteiger partial charge in [-0.15, -0.1) is 0 Å². The summed E-state index contributed by atoms with van der Waals surface area (Å²) in [7, 11) is -2.67. The molecule has 2 aromatic heterocycles. The molecule has 1 fully saturated rings. The van der Waals surface area contributed by atoms with Gasteiger partial charge >= 0.3 is 0 Å². The van der Waals surface area contributed by atoms with Crippen LogP contribution in [0.25, 0.3) is 22.0 Å². The smallest absolute Gasteiger partial charge is 0.262 e. The van der Waals surface area contributed by atoms with Gasteiger partial charge < -0.3 is 14.5 Å². The first-order chi connectivity index (χ1) is 20.1. The molecule has 0 spiro atoms. The fourth-order valence-corrected chi connectivity index (χ4v) is 5.62. The maximum Gasteiger partial charge on any atom is 0.262 e. The maximum atomic E-state index is 13.3. The molecule has 3 heterocycles. The first-order valence-corrected chi connectivity index (χ1v) is 14.4. The van der Waals surface area contributed by atoms with E-state index in [2.05, 4.69) is 24.6 Å². The summed E-state index contributed by atoms with van der Waals surface area (Å²) in [6.45, 7) is 3.40. The van der Waals surface area contributed by atoms with Crippen molar-refractivity contribution in [2.24, 2.45) is 0 Å². The van der Waals surface area contributed by atoms with Crippen LogP contribution in [0.4, 0.5) is 15.9 Å². The molecule has 4 aromatic rings. The lowest BCUT2D eigenvalue weighted by Crippen LogP contribution is -2.48. The fraction of sp³-hybridized carbons (Fsp3) is 0.207. The van der Waals surface area contributed by atoms with Crippen LogP contribution in [0.15, 0.2) is 78.1 Å². The Morgan fingerprint density at radius 1 is 0.952 bits per heavy atom. The number of methoxy groups -OCH3 is 1. The molecule has 216 valence electrons. The van der Waals surface area contributed by atoms with Gasteiger partial charge in [0.25, 0.3) is 10.0 Å². The van der Waals surface area contributed by atoms with Gasteiger partial charge in [-0.1, -0.05) is 6.07 Å². The van der Waals surface area contributed by atoms with E-state index < -0.39 is 15.8 Å². The average molecular weight is 591 g/mol. The number of anilines is 2. The second-order valence-electron chi connectivity index (χ2n) is 9.53. The van der Waals surface area contributed by atoms with Crippen molar-refractivity contribution in [1.82, 2.24) is 19.9 Å². The maximum absolute atomic E-state index is 13.3. The van der Waals surface area contributed by atoms with Gasteiger partial charge in [0, 0.05) is 49.4 Å². The Balaban J connectivity index is 1.42. The number of rotatable bonds is 8. The molecule has 42 heavy (non-hydrogen) atoms.